The second-order valence-electron chi connectivity index (χ2n) is 7.66. The van der Waals surface area contributed by atoms with Crippen LogP contribution >= 0.6 is 0 Å². The van der Waals surface area contributed by atoms with Gasteiger partial charge in [-0.15, -0.1) is 0 Å². The fraction of sp³-hybridized carbons (Fsp3) is 0.348. The Balaban J connectivity index is 1.85. The molecular formula is C23H27N5O3. The van der Waals surface area contributed by atoms with Crippen LogP contribution in [0.2, 0.25) is 0 Å². The first-order chi connectivity index (χ1) is 15.0. The SMILES string of the molecule is COCCCn1c(C)c(C)n2c3c(=O)n(C/C=C/c4ccccc4)c(=O)n(C)c3nc12. The molecule has 0 aliphatic heterocycles. The molecule has 0 aliphatic rings. The van der Waals surface area contributed by atoms with Crippen LogP contribution in [0.15, 0.2) is 46.0 Å². The number of nitrogens with zero attached hydrogens (tertiary/aromatic N) is 5. The van der Waals surface area contributed by atoms with Crippen LogP contribution in [0.4, 0.5) is 0 Å². The zero-order valence-corrected chi connectivity index (χ0v) is 18.3. The standard InChI is InChI=1S/C23H27N5O3/c1-16-17(2)28-19-20(24-22(28)26(16)14-9-15-31-4)25(3)23(30)27(21(19)29)13-8-12-18-10-6-5-7-11-18/h5-8,10-12H,9,13-15H2,1-4H3/b12-8+. The molecule has 0 saturated heterocycles. The maximum absolute atomic E-state index is 13.4. The number of hydrogen-bond acceptors (Lipinski definition) is 4. The van der Waals surface area contributed by atoms with Crippen molar-refractivity contribution in [1.82, 2.24) is 23.1 Å². The summed E-state index contributed by atoms with van der Waals surface area (Å²) in [7, 11) is 3.34. The zero-order valence-electron chi connectivity index (χ0n) is 18.3. The first-order valence-corrected chi connectivity index (χ1v) is 10.3. The molecule has 0 aliphatic carbocycles. The van der Waals surface area contributed by atoms with Gasteiger partial charge in [0.1, 0.15) is 0 Å². The molecule has 0 spiro atoms. The zero-order chi connectivity index (χ0) is 22.1. The van der Waals surface area contributed by atoms with Gasteiger partial charge in [-0.05, 0) is 25.8 Å². The molecule has 0 amide bonds. The van der Waals surface area contributed by atoms with E-state index in [-0.39, 0.29) is 17.8 Å². The van der Waals surface area contributed by atoms with Crippen molar-refractivity contribution in [3.8, 4) is 0 Å². The van der Waals surface area contributed by atoms with Crippen LogP contribution in [0.3, 0.4) is 0 Å². The van der Waals surface area contributed by atoms with E-state index < -0.39 is 0 Å². The van der Waals surface area contributed by atoms with Gasteiger partial charge < -0.3 is 9.30 Å². The topological polar surface area (TPSA) is 75.5 Å². The summed E-state index contributed by atoms with van der Waals surface area (Å²) in [6.45, 7) is 5.55. The minimum Gasteiger partial charge on any atom is -0.385 e. The number of aromatic nitrogens is 5. The van der Waals surface area contributed by atoms with Gasteiger partial charge in [0, 0.05) is 45.2 Å². The van der Waals surface area contributed by atoms with E-state index in [1.807, 2.05) is 60.7 Å². The van der Waals surface area contributed by atoms with Crippen LogP contribution in [0.5, 0.6) is 0 Å². The second-order valence-corrected chi connectivity index (χ2v) is 7.66. The molecular weight excluding hydrogens is 394 g/mol. The van der Waals surface area contributed by atoms with E-state index in [4.69, 9.17) is 4.74 Å². The van der Waals surface area contributed by atoms with Crippen molar-refractivity contribution in [2.24, 2.45) is 7.05 Å². The van der Waals surface area contributed by atoms with Crippen molar-refractivity contribution in [2.45, 2.75) is 33.4 Å². The van der Waals surface area contributed by atoms with Crippen molar-refractivity contribution in [1.29, 1.82) is 0 Å². The number of ether oxygens (including phenoxy) is 1. The smallest absolute Gasteiger partial charge is 0.332 e. The summed E-state index contributed by atoms with van der Waals surface area (Å²) in [6, 6.07) is 9.78. The summed E-state index contributed by atoms with van der Waals surface area (Å²) in [5.74, 6) is 0.672. The molecule has 8 heteroatoms. The number of aryl methyl sites for hydroxylation is 3. The number of hydrogen-bond donors (Lipinski definition) is 0. The third-order valence-electron chi connectivity index (χ3n) is 5.76. The van der Waals surface area contributed by atoms with E-state index in [1.165, 1.54) is 9.13 Å². The first kappa shape index (κ1) is 20.9. The Morgan fingerprint density at radius 1 is 1.06 bits per heavy atom. The summed E-state index contributed by atoms with van der Waals surface area (Å²) in [5.41, 5.74) is 3.12. The van der Waals surface area contributed by atoms with Crippen LogP contribution in [-0.4, -0.2) is 36.8 Å². The molecule has 1 aromatic carbocycles. The lowest BCUT2D eigenvalue weighted by atomic mass is 10.2. The molecule has 3 aromatic heterocycles. The minimum absolute atomic E-state index is 0.191. The first-order valence-electron chi connectivity index (χ1n) is 10.3. The highest BCUT2D eigenvalue weighted by Crippen LogP contribution is 2.21. The third kappa shape index (κ3) is 3.53. The molecule has 0 radical (unpaired) electrons. The summed E-state index contributed by atoms with van der Waals surface area (Å²) >= 11 is 0. The summed E-state index contributed by atoms with van der Waals surface area (Å²) in [5, 5.41) is 0. The highest BCUT2D eigenvalue weighted by Gasteiger charge is 2.22. The molecule has 4 aromatic rings. The fourth-order valence-electron chi connectivity index (χ4n) is 3.97. The molecule has 31 heavy (non-hydrogen) atoms. The van der Waals surface area contributed by atoms with Gasteiger partial charge in [0.25, 0.3) is 5.56 Å². The molecule has 4 rings (SSSR count). The number of imidazole rings is 2. The Labute approximate surface area is 179 Å². The van der Waals surface area contributed by atoms with Gasteiger partial charge in [-0.25, -0.2) is 4.79 Å². The lowest BCUT2D eigenvalue weighted by molar-refractivity contribution is 0.190. The van der Waals surface area contributed by atoms with Crippen LogP contribution < -0.4 is 11.2 Å². The van der Waals surface area contributed by atoms with Crippen molar-refractivity contribution in [3.05, 3.63) is 74.2 Å². The van der Waals surface area contributed by atoms with Crippen molar-refractivity contribution in [3.63, 3.8) is 0 Å². The molecule has 8 nitrogen and oxygen atoms in total. The highest BCUT2D eigenvalue weighted by atomic mass is 16.5. The number of methoxy groups -OCH3 is 1. The molecule has 0 unspecified atom stereocenters. The average Bonchev–Trinajstić information content (AvgIpc) is 3.27. The molecule has 162 valence electrons. The van der Waals surface area contributed by atoms with E-state index in [2.05, 4.69) is 9.55 Å². The molecule has 0 atom stereocenters. The Bertz CT molecular complexity index is 1390. The monoisotopic (exact) mass is 421 g/mol. The molecule has 0 N–H and O–H groups in total. The van der Waals surface area contributed by atoms with Crippen LogP contribution in [-0.2, 0) is 24.9 Å². The molecule has 0 saturated carbocycles. The van der Waals surface area contributed by atoms with E-state index in [0.29, 0.717) is 23.5 Å². The van der Waals surface area contributed by atoms with Gasteiger partial charge in [-0.3, -0.25) is 18.3 Å². The predicted molar refractivity (Wildman–Crippen MR) is 122 cm³/mol. The quantitative estimate of drug-likeness (QED) is 0.430. The Morgan fingerprint density at radius 3 is 2.52 bits per heavy atom. The van der Waals surface area contributed by atoms with Gasteiger partial charge in [0.2, 0.25) is 5.78 Å². The third-order valence-corrected chi connectivity index (χ3v) is 5.76. The maximum Gasteiger partial charge on any atom is 0.332 e. The Hall–Kier alpha value is -3.39. The predicted octanol–water partition coefficient (Wildman–Crippen LogP) is 2.52. The number of benzene rings is 1. The Kier molecular flexibility index (Phi) is 5.65. The summed E-state index contributed by atoms with van der Waals surface area (Å²) in [4.78, 5) is 31.0. The molecule has 0 fully saturated rings. The van der Waals surface area contributed by atoms with Gasteiger partial charge >= 0.3 is 5.69 Å². The number of rotatable bonds is 7. The van der Waals surface area contributed by atoms with Crippen molar-refractivity contribution in [2.75, 3.05) is 13.7 Å². The van der Waals surface area contributed by atoms with Crippen LogP contribution in [0.1, 0.15) is 23.4 Å². The highest BCUT2D eigenvalue weighted by molar-refractivity contribution is 5.76. The maximum atomic E-state index is 13.4. The summed E-state index contributed by atoms with van der Waals surface area (Å²) in [6.07, 6.45) is 4.57. The van der Waals surface area contributed by atoms with Gasteiger partial charge in [-0.1, -0.05) is 42.5 Å². The van der Waals surface area contributed by atoms with E-state index in [1.54, 1.807) is 14.2 Å². The number of fused-ring (bicyclic) bond motifs is 3. The normalized spacial score (nSPS) is 12.0. The van der Waals surface area contributed by atoms with Crippen molar-refractivity contribution < 1.29 is 4.74 Å². The van der Waals surface area contributed by atoms with Gasteiger partial charge in [0.15, 0.2) is 11.2 Å². The average molecular weight is 422 g/mol. The minimum atomic E-state index is -0.378. The molecule has 3 heterocycles. The van der Waals surface area contributed by atoms with E-state index in [9.17, 15) is 9.59 Å². The summed E-state index contributed by atoms with van der Waals surface area (Å²) < 4.78 is 11.8. The number of allylic oxidation sites excluding steroid dienone is 1. The largest absolute Gasteiger partial charge is 0.385 e. The van der Waals surface area contributed by atoms with Crippen LogP contribution in [0.25, 0.3) is 23.0 Å². The second kappa shape index (κ2) is 8.39. The van der Waals surface area contributed by atoms with Crippen LogP contribution in [0, 0.1) is 13.8 Å². The molecule has 0 bridgehead atoms. The van der Waals surface area contributed by atoms with Crippen molar-refractivity contribution >= 4 is 23.0 Å². The Morgan fingerprint density at radius 2 is 1.81 bits per heavy atom. The lowest BCUT2D eigenvalue weighted by Gasteiger charge is -2.07. The lowest BCUT2D eigenvalue weighted by Crippen LogP contribution is -2.39. The van der Waals surface area contributed by atoms with E-state index >= 15 is 0 Å². The van der Waals surface area contributed by atoms with Gasteiger partial charge in [-0.2, -0.15) is 4.98 Å². The fourth-order valence-corrected chi connectivity index (χ4v) is 3.97. The van der Waals surface area contributed by atoms with Gasteiger partial charge in [0.05, 0.1) is 0 Å². The van der Waals surface area contributed by atoms with E-state index in [0.717, 1.165) is 29.9 Å².